The molecule has 1 aliphatic heterocycles. The van der Waals surface area contributed by atoms with Crippen molar-refractivity contribution in [1.29, 1.82) is 5.26 Å². The van der Waals surface area contributed by atoms with Crippen LogP contribution in [-0.4, -0.2) is 40.5 Å². The van der Waals surface area contributed by atoms with Crippen LogP contribution < -0.4 is 4.74 Å². The minimum Gasteiger partial charge on any atom is -0.490 e. The molecule has 0 saturated carbocycles. The molecule has 0 unspecified atom stereocenters. The molecule has 0 atom stereocenters. The number of rotatable bonds is 3. The Balaban J connectivity index is 1.52. The fraction of sp³-hybridized carbons (Fsp3) is 0.360. The molecular formula is C25H25N3O2S. The van der Waals surface area contributed by atoms with E-state index in [2.05, 4.69) is 35.5 Å². The van der Waals surface area contributed by atoms with Crippen LogP contribution in [0.25, 0.3) is 10.9 Å². The highest BCUT2D eigenvalue weighted by molar-refractivity contribution is 7.96. The summed E-state index contributed by atoms with van der Waals surface area (Å²) >= 11 is 1.79. The van der Waals surface area contributed by atoms with Gasteiger partial charge >= 0.3 is 0 Å². The van der Waals surface area contributed by atoms with E-state index in [0.717, 1.165) is 65.0 Å². The van der Waals surface area contributed by atoms with Gasteiger partial charge in [-0.15, -0.1) is 0 Å². The van der Waals surface area contributed by atoms with Gasteiger partial charge in [-0.05, 0) is 55.0 Å². The van der Waals surface area contributed by atoms with Crippen LogP contribution in [0.1, 0.15) is 59.4 Å². The molecule has 0 amide bonds. The molecule has 2 aliphatic rings. The zero-order valence-electron chi connectivity index (χ0n) is 18.0. The van der Waals surface area contributed by atoms with E-state index >= 15 is 0 Å². The first-order valence-corrected chi connectivity index (χ1v) is 11.8. The van der Waals surface area contributed by atoms with Gasteiger partial charge in [0.25, 0.3) is 0 Å². The van der Waals surface area contributed by atoms with Crippen LogP contribution in [0.2, 0.25) is 0 Å². The molecule has 5 rings (SSSR count). The first-order valence-electron chi connectivity index (χ1n) is 10.6. The summed E-state index contributed by atoms with van der Waals surface area (Å²) < 4.78 is 8.69. The Morgan fingerprint density at radius 1 is 1.19 bits per heavy atom. The quantitative estimate of drug-likeness (QED) is 0.589. The lowest BCUT2D eigenvalue weighted by molar-refractivity contribution is 0.103. The summed E-state index contributed by atoms with van der Waals surface area (Å²) in [6, 6.07) is 13.5. The van der Waals surface area contributed by atoms with Gasteiger partial charge in [0.05, 0.1) is 17.2 Å². The smallest absolute Gasteiger partial charge is 0.195 e. The number of hydrogen-bond donors (Lipinski definition) is 1. The van der Waals surface area contributed by atoms with Gasteiger partial charge in [-0.3, -0.25) is 9.10 Å². The molecule has 0 bridgehead atoms. The Kier molecular flexibility index (Phi) is 4.84. The molecule has 2 heterocycles. The van der Waals surface area contributed by atoms with E-state index in [4.69, 9.17) is 4.74 Å². The predicted octanol–water partition coefficient (Wildman–Crippen LogP) is 5.03. The van der Waals surface area contributed by atoms with Crippen LogP contribution in [0.3, 0.4) is 0 Å². The van der Waals surface area contributed by atoms with Gasteiger partial charge in [-0.1, -0.05) is 31.9 Å². The Labute approximate surface area is 186 Å². The third kappa shape index (κ3) is 3.24. The fourth-order valence-corrected chi connectivity index (χ4v) is 5.45. The van der Waals surface area contributed by atoms with E-state index < -0.39 is 0 Å². The number of piperidine rings is 1. The molecule has 1 N–H and O–H groups in total. The lowest BCUT2D eigenvalue weighted by Gasteiger charge is -2.33. The van der Waals surface area contributed by atoms with Gasteiger partial charge in [0.2, 0.25) is 0 Å². The van der Waals surface area contributed by atoms with Crippen molar-refractivity contribution in [2.24, 2.45) is 0 Å². The fourth-order valence-electron chi connectivity index (χ4n) is 4.88. The number of carbonyl (C=O) groups excluding carboxylic acids is 1. The Morgan fingerprint density at radius 2 is 1.97 bits per heavy atom. The summed E-state index contributed by atoms with van der Waals surface area (Å²) in [4.78, 5) is 16.9. The molecular weight excluding hydrogens is 406 g/mol. The molecule has 1 fully saturated rings. The number of carbonyl (C=O) groups is 1. The zero-order valence-corrected chi connectivity index (χ0v) is 18.8. The standard InChI is InChI=1S/C25H25N3O2S/c1-25(2)20-13-17(30-16-8-10-28(31-3)11-9-16)5-7-18(20)23(29)22-19-6-4-15(14-26)12-21(19)27-24(22)25/h4-7,12-13,16,27H,8-11H2,1-3H3. The second-order valence-electron chi connectivity index (χ2n) is 8.84. The van der Waals surface area contributed by atoms with Crippen molar-refractivity contribution in [1.82, 2.24) is 9.29 Å². The van der Waals surface area contributed by atoms with E-state index in [1.54, 1.807) is 18.0 Å². The number of ketones is 1. The van der Waals surface area contributed by atoms with E-state index in [0.29, 0.717) is 5.56 Å². The Hall–Kier alpha value is -2.75. The highest BCUT2D eigenvalue weighted by atomic mass is 32.2. The molecule has 1 saturated heterocycles. The van der Waals surface area contributed by atoms with E-state index in [9.17, 15) is 10.1 Å². The SMILES string of the molecule is CSN1CCC(Oc2ccc3c(c2)C(C)(C)c2[nH]c4cc(C#N)ccc4c2C3=O)CC1. The van der Waals surface area contributed by atoms with Crippen molar-refractivity contribution in [2.45, 2.75) is 38.2 Å². The van der Waals surface area contributed by atoms with Gasteiger partial charge in [0.15, 0.2) is 5.78 Å². The predicted molar refractivity (Wildman–Crippen MR) is 124 cm³/mol. The summed E-state index contributed by atoms with van der Waals surface area (Å²) in [6.07, 6.45) is 4.33. The average Bonchev–Trinajstić information content (AvgIpc) is 3.18. The number of H-pyrrole nitrogens is 1. The van der Waals surface area contributed by atoms with Crippen molar-refractivity contribution in [2.75, 3.05) is 19.3 Å². The highest BCUT2D eigenvalue weighted by Gasteiger charge is 2.40. The van der Waals surface area contributed by atoms with Crippen molar-refractivity contribution in [3.8, 4) is 11.8 Å². The normalized spacial score (nSPS) is 18.5. The molecule has 6 heteroatoms. The summed E-state index contributed by atoms with van der Waals surface area (Å²) in [5, 5.41) is 10.1. The number of nitriles is 1. The second kappa shape index (κ2) is 7.44. The second-order valence-corrected chi connectivity index (χ2v) is 9.72. The molecule has 0 spiro atoms. The number of hydrogen-bond acceptors (Lipinski definition) is 5. The number of benzene rings is 2. The Bertz CT molecular complexity index is 1230. The Morgan fingerprint density at radius 3 is 2.68 bits per heavy atom. The van der Waals surface area contributed by atoms with Gasteiger partial charge in [0.1, 0.15) is 11.9 Å². The van der Waals surface area contributed by atoms with Gasteiger partial charge < -0.3 is 9.72 Å². The summed E-state index contributed by atoms with van der Waals surface area (Å²) in [5.41, 5.74) is 4.36. The van der Waals surface area contributed by atoms with E-state index in [1.165, 1.54) is 0 Å². The molecule has 0 radical (unpaired) electrons. The van der Waals surface area contributed by atoms with Crippen LogP contribution >= 0.6 is 11.9 Å². The lowest BCUT2D eigenvalue weighted by atomic mass is 9.71. The topological polar surface area (TPSA) is 69.1 Å². The summed E-state index contributed by atoms with van der Waals surface area (Å²) in [7, 11) is 0. The van der Waals surface area contributed by atoms with E-state index in [-0.39, 0.29) is 17.3 Å². The van der Waals surface area contributed by atoms with Crippen LogP contribution in [0.4, 0.5) is 0 Å². The third-order valence-electron chi connectivity index (χ3n) is 6.65. The minimum absolute atomic E-state index is 0.0279. The number of nitrogens with one attached hydrogen (secondary N) is 1. The number of aromatic amines is 1. The summed E-state index contributed by atoms with van der Waals surface area (Å²) in [5.74, 6) is 0.855. The van der Waals surface area contributed by atoms with Crippen molar-refractivity contribution in [3.05, 3.63) is 64.3 Å². The highest BCUT2D eigenvalue weighted by Crippen LogP contribution is 2.44. The third-order valence-corrected chi connectivity index (χ3v) is 7.53. The van der Waals surface area contributed by atoms with Crippen LogP contribution in [0, 0.1) is 11.3 Å². The summed E-state index contributed by atoms with van der Waals surface area (Å²) in [6.45, 7) is 6.34. The van der Waals surface area contributed by atoms with Gasteiger partial charge in [0, 0.05) is 40.7 Å². The maximum Gasteiger partial charge on any atom is 0.195 e. The molecule has 2 aromatic carbocycles. The van der Waals surface area contributed by atoms with E-state index in [1.807, 2.05) is 30.3 Å². The molecule has 1 aliphatic carbocycles. The van der Waals surface area contributed by atoms with Gasteiger partial charge in [-0.25, -0.2) is 0 Å². The van der Waals surface area contributed by atoms with Gasteiger partial charge in [-0.2, -0.15) is 5.26 Å². The largest absolute Gasteiger partial charge is 0.490 e. The van der Waals surface area contributed by atoms with Crippen molar-refractivity contribution < 1.29 is 9.53 Å². The monoisotopic (exact) mass is 431 g/mol. The first-order chi connectivity index (χ1) is 14.9. The molecule has 5 nitrogen and oxygen atoms in total. The molecule has 31 heavy (non-hydrogen) atoms. The zero-order chi connectivity index (χ0) is 21.8. The first kappa shape index (κ1) is 20.2. The average molecular weight is 432 g/mol. The van der Waals surface area contributed by atoms with Crippen LogP contribution in [-0.2, 0) is 5.41 Å². The van der Waals surface area contributed by atoms with Crippen LogP contribution in [0.5, 0.6) is 5.75 Å². The van der Waals surface area contributed by atoms with Crippen molar-refractivity contribution in [3.63, 3.8) is 0 Å². The molecule has 3 aromatic rings. The minimum atomic E-state index is -0.383. The van der Waals surface area contributed by atoms with Crippen LogP contribution in [0.15, 0.2) is 36.4 Å². The maximum atomic E-state index is 13.5. The van der Waals surface area contributed by atoms with Crippen molar-refractivity contribution >= 4 is 28.6 Å². The number of ether oxygens (including phenoxy) is 1. The number of fused-ring (bicyclic) bond motifs is 4. The number of nitrogens with zero attached hydrogens (tertiary/aromatic N) is 2. The molecule has 1 aromatic heterocycles. The maximum absolute atomic E-state index is 13.5. The number of aromatic nitrogens is 1. The lowest BCUT2D eigenvalue weighted by Crippen LogP contribution is -2.34. The molecule has 158 valence electrons.